The molecule has 7 heteroatoms. The lowest BCUT2D eigenvalue weighted by atomic mass is 10.1. The highest BCUT2D eigenvalue weighted by molar-refractivity contribution is 7.89. The van der Waals surface area contributed by atoms with E-state index < -0.39 is 10.0 Å². The molecule has 0 aromatic carbocycles. The Kier molecular flexibility index (Phi) is 4.23. The van der Waals surface area contributed by atoms with Crippen molar-refractivity contribution in [2.45, 2.75) is 43.4 Å². The first-order valence-electron chi connectivity index (χ1n) is 6.45. The molecule has 1 aromatic heterocycles. The molecule has 0 spiro atoms. The number of nitrogens with zero attached hydrogens (tertiary/aromatic N) is 2. The number of rotatable bonds is 4. The number of nitrogens with one attached hydrogen (secondary N) is 1. The normalized spacial score (nSPS) is 24.0. The van der Waals surface area contributed by atoms with Gasteiger partial charge < -0.3 is 0 Å². The molecule has 1 aliphatic rings. The van der Waals surface area contributed by atoms with E-state index in [1.807, 2.05) is 0 Å². The summed E-state index contributed by atoms with van der Waals surface area (Å²) in [4.78, 5) is 0.301. The van der Waals surface area contributed by atoms with Crippen LogP contribution in [0.2, 0.25) is 0 Å². The van der Waals surface area contributed by atoms with Gasteiger partial charge in [-0.15, -0.1) is 11.6 Å². The Balaban J connectivity index is 2.10. The zero-order chi connectivity index (χ0) is 14.2. The summed E-state index contributed by atoms with van der Waals surface area (Å²) in [6.45, 7) is 3.93. The van der Waals surface area contributed by atoms with Gasteiger partial charge in [0.15, 0.2) is 0 Å². The largest absolute Gasteiger partial charge is 0.271 e. The van der Waals surface area contributed by atoms with Crippen molar-refractivity contribution < 1.29 is 8.42 Å². The van der Waals surface area contributed by atoms with Gasteiger partial charge in [0, 0.05) is 19.0 Å². The Morgan fingerprint density at radius 3 is 2.58 bits per heavy atom. The van der Waals surface area contributed by atoms with Crippen LogP contribution in [0, 0.1) is 19.8 Å². The average molecular weight is 306 g/mol. The van der Waals surface area contributed by atoms with E-state index >= 15 is 0 Å². The van der Waals surface area contributed by atoms with Gasteiger partial charge in [-0.2, -0.15) is 5.10 Å². The van der Waals surface area contributed by atoms with Crippen molar-refractivity contribution >= 4 is 21.6 Å². The zero-order valence-electron chi connectivity index (χ0n) is 11.5. The van der Waals surface area contributed by atoms with Crippen LogP contribution < -0.4 is 4.72 Å². The molecule has 0 saturated heterocycles. The van der Waals surface area contributed by atoms with E-state index in [2.05, 4.69) is 9.82 Å². The van der Waals surface area contributed by atoms with Crippen LogP contribution >= 0.6 is 11.6 Å². The topological polar surface area (TPSA) is 64.0 Å². The molecule has 2 unspecified atom stereocenters. The minimum absolute atomic E-state index is 0.191. The van der Waals surface area contributed by atoms with Crippen LogP contribution in [0.3, 0.4) is 0 Å². The first-order valence-corrected chi connectivity index (χ1v) is 8.37. The fourth-order valence-corrected chi connectivity index (χ4v) is 4.57. The van der Waals surface area contributed by atoms with Crippen LogP contribution in [-0.4, -0.2) is 30.1 Å². The summed E-state index contributed by atoms with van der Waals surface area (Å²) in [5.41, 5.74) is 1.20. The molecule has 1 fully saturated rings. The molecule has 2 atom stereocenters. The van der Waals surface area contributed by atoms with Crippen LogP contribution in [0.4, 0.5) is 0 Å². The van der Waals surface area contributed by atoms with Crippen molar-refractivity contribution in [3.63, 3.8) is 0 Å². The summed E-state index contributed by atoms with van der Waals surface area (Å²) < 4.78 is 28.9. The number of alkyl halides is 1. The second kappa shape index (κ2) is 5.42. The molecule has 1 saturated carbocycles. The van der Waals surface area contributed by atoms with Crippen molar-refractivity contribution in [2.75, 3.05) is 6.54 Å². The first kappa shape index (κ1) is 14.8. The lowest BCUT2D eigenvalue weighted by molar-refractivity contribution is 0.519. The van der Waals surface area contributed by atoms with Crippen molar-refractivity contribution in [1.29, 1.82) is 0 Å². The van der Waals surface area contributed by atoms with Crippen LogP contribution in [-0.2, 0) is 17.1 Å². The summed E-state index contributed by atoms with van der Waals surface area (Å²) in [7, 11) is -1.74. The quantitative estimate of drug-likeness (QED) is 0.862. The third-order valence-corrected chi connectivity index (χ3v) is 5.82. The highest BCUT2D eigenvalue weighted by atomic mass is 35.5. The lowest BCUT2D eigenvalue weighted by Gasteiger charge is -2.11. The molecule has 19 heavy (non-hydrogen) atoms. The van der Waals surface area contributed by atoms with Gasteiger partial charge >= 0.3 is 0 Å². The van der Waals surface area contributed by atoms with E-state index in [0.29, 0.717) is 28.7 Å². The maximum atomic E-state index is 12.3. The monoisotopic (exact) mass is 305 g/mol. The predicted molar refractivity (Wildman–Crippen MR) is 74.9 cm³/mol. The molecule has 108 valence electrons. The molecule has 1 N–H and O–H groups in total. The van der Waals surface area contributed by atoms with Crippen LogP contribution in [0.25, 0.3) is 0 Å². The second-order valence-corrected chi connectivity index (χ2v) is 7.57. The van der Waals surface area contributed by atoms with Crippen molar-refractivity contribution in [2.24, 2.45) is 13.0 Å². The molecule has 0 bridgehead atoms. The highest BCUT2D eigenvalue weighted by Gasteiger charge is 2.27. The summed E-state index contributed by atoms with van der Waals surface area (Å²) in [6, 6.07) is 0. The van der Waals surface area contributed by atoms with Gasteiger partial charge in [-0.05, 0) is 39.0 Å². The molecule has 5 nitrogen and oxygen atoms in total. The Bertz CT molecular complexity index is 568. The highest BCUT2D eigenvalue weighted by Crippen LogP contribution is 2.29. The van der Waals surface area contributed by atoms with Gasteiger partial charge in [-0.1, -0.05) is 0 Å². The number of hydrogen-bond donors (Lipinski definition) is 1. The maximum absolute atomic E-state index is 12.3. The standard InChI is InChI=1S/C12H20ClN3O2S/c1-8-12(9(2)16(3)15-8)19(17,18)14-7-10-4-5-11(13)6-10/h10-11,14H,4-7H2,1-3H3. The summed E-state index contributed by atoms with van der Waals surface area (Å²) in [5.74, 6) is 0.342. The fraction of sp³-hybridized carbons (Fsp3) is 0.750. The maximum Gasteiger partial charge on any atom is 0.244 e. The van der Waals surface area contributed by atoms with Crippen LogP contribution in [0.5, 0.6) is 0 Å². The van der Waals surface area contributed by atoms with E-state index in [0.717, 1.165) is 19.3 Å². The summed E-state index contributed by atoms with van der Waals surface area (Å²) in [5, 5.41) is 4.34. The van der Waals surface area contributed by atoms with E-state index in [9.17, 15) is 8.42 Å². The number of aromatic nitrogens is 2. The van der Waals surface area contributed by atoms with Gasteiger partial charge in [0.25, 0.3) is 0 Å². The van der Waals surface area contributed by atoms with Crippen molar-refractivity contribution in [3.8, 4) is 0 Å². The molecular weight excluding hydrogens is 286 g/mol. The minimum atomic E-state index is -3.48. The van der Waals surface area contributed by atoms with Gasteiger partial charge in [0.2, 0.25) is 10.0 Å². The predicted octanol–water partition coefficient (Wildman–Crippen LogP) is 1.72. The second-order valence-electron chi connectivity index (χ2n) is 5.25. The number of halogens is 1. The van der Waals surface area contributed by atoms with E-state index in [4.69, 9.17) is 11.6 Å². The van der Waals surface area contributed by atoms with E-state index in [-0.39, 0.29) is 5.38 Å². The van der Waals surface area contributed by atoms with Gasteiger partial charge in [-0.3, -0.25) is 4.68 Å². The molecule has 2 rings (SSSR count). The number of sulfonamides is 1. The van der Waals surface area contributed by atoms with Crippen molar-refractivity contribution in [3.05, 3.63) is 11.4 Å². The van der Waals surface area contributed by atoms with Gasteiger partial charge in [0.1, 0.15) is 4.90 Å². The first-order chi connectivity index (χ1) is 8.81. The zero-order valence-corrected chi connectivity index (χ0v) is 13.1. The third kappa shape index (κ3) is 3.12. The lowest BCUT2D eigenvalue weighted by Crippen LogP contribution is -2.29. The van der Waals surface area contributed by atoms with E-state index in [1.54, 1.807) is 25.6 Å². The Morgan fingerprint density at radius 1 is 1.42 bits per heavy atom. The van der Waals surface area contributed by atoms with Crippen molar-refractivity contribution in [1.82, 2.24) is 14.5 Å². The molecule has 1 aliphatic carbocycles. The van der Waals surface area contributed by atoms with Gasteiger partial charge in [-0.25, -0.2) is 13.1 Å². The Labute approximate surface area is 119 Å². The molecule has 0 aliphatic heterocycles. The molecule has 0 amide bonds. The van der Waals surface area contributed by atoms with Crippen LogP contribution in [0.1, 0.15) is 30.7 Å². The summed E-state index contributed by atoms with van der Waals surface area (Å²) >= 11 is 6.04. The van der Waals surface area contributed by atoms with E-state index in [1.165, 1.54) is 0 Å². The fourth-order valence-electron chi connectivity index (χ4n) is 2.64. The number of aryl methyl sites for hydroxylation is 2. The summed E-state index contributed by atoms with van der Waals surface area (Å²) in [6.07, 6.45) is 2.84. The Morgan fingerprint density at radius 2 is 2.11 bits per heavy atom. The van der Waals surface area contributed by atoms with Gasteiger partial charge in [0.05, 0.1) is 11.4 Å². The smallest absolute Gasteiger partial charge is 0.244 e. The minimum Gasteiger partial charge on any atom is -0.271 e. The average Bonchev–Trinajstić information content (AvgIpc) is 2.82. The third-order valence-electron chi connectivity index (χ3n) is 3.75. The SMILES string of the molecule is Cc1nn(C)c(C)c1S(=O)(=O)NCC1CCC(Cl)C1. The molecule has 0 radical (unpaired) electrons. The number of hydrogen-bond acceptors (Lipinski definition) is 3. The van der Waals surface area contributed by atoms with Crippen LogP contribution in [0.15, 0.2) is 4.90 Å². The molecule has 1 heterocycles. The molecule has 1 aromatic rings. The Hall–Kier alpha value is -0.590. The molecular formula is C12H20ClN3O2S.